The summed E-state index contributed by atoms with van der Waals surface area (Å²) in [6.07, 6.45) is 3.71. The average Bonchev–Trinajstić information content (AvgIpc) is 3.05. The van der Waals surface area contributed by atoms with Crippen LogP contribution < -0.4 is 5.32 Å². The van der Waals surface area contributed by atoms with Gasteiger partial charge < -0.3 is 5.32 Å². The first-order chi connectivity index (χ1) is 8.98. The first-order valence-electron chi connectivity index (χ1n) is 6.56. The van der Waals surface area contributed by atoms with Crippen LogP contribution in [0.5, 0.6) is 0 Å². The molecule has 0 aliphatic heterocycles. The van der Waals surface area contributed by atoms with Gasteiger partial charge in [0.1, 0.15) is 0 Å². The third-order valence-corrected chi connectivity index (χ3v) is 4.05. The zero-order valence-corrected chi connectivity index (χ0v) is 11.7. The number of hydrogen-bond donors (Lipinski definition) is 1. The van der Waals surface area contributed by atoms with Gasteiger partial charge in [-0.05, 0) is 48.2 Å². The van der Waals surface area contributed by atoms with Gasteiger partial charge in [0, 0.05) is 17.5 Å². The molecule has 1 N–H and O–H groups in total. The highest BCUT2D eigenvalue weighted by atomic mass is 32.2. The quantitative estimate of drug-likeness (QED) is 0.769. The fourth-order valence-electron chi connectivity index (χ4n) is 2.25. The van der Waals surface area contributed by atoms with E-state index in [1.165, 1.54) is 31.4 Å². The number of rotatable bonds is 6. The van der Waals surface area contributed by atoms with Crippen LogP contribution in [0.4, 0.5) is 13.2 Å². The number of benzene rings is 1. The van der Waals surface area contributed by atoms with E-state index in [-0.39, 0.29) is 16.7 Å². The lowest BCUT2D eigenvalue weighted by Gasteiger charge is -2.07. The van der Waals surface area contributed by atoms with Crippen LogP contribution in [-0.2, 0) is 6.54 Å². The molecule has 0 saturated heterocycles. The molecule has 1 fully saturated rings. The molecule has 1 nitrogen and oxygen atoms in total. The van der Waals surface area contributed by atoms with E-state index in [0.29, 0.717) is 6.04 Å². The van der Waals surface area contributed by atoms with E-state index in [1.807, 2.05) is 0 Å². The van der Waals surface area contributed by atoms with Crippen molar-refractivity contribution in [3.05, 3.63) is 29.8 Å². The maximum Gasteiger partial charge on any atom is 0.446 e. The second kappa shape index (κ2) is 6.18. The SMILES string of the molecule is CCCC1CC1NCc1ccc(SC(F)(F)F)cc1. The molecule has 0 heterocycles. The largest absolute Gasteiger partial charge is 0.446 e. The highest BCUT2D eigenvalue weighted by molar-refractivity contribution is 8.00. The topological polar surface area (TPSA) is 12.0 Å². The third-order valence-electron chi connectivity index (χ3n) is 3.31. The van der Waals surface area contributed by atoms with Crippen LogP contribution in [0.15, 0.2) is 29.2 Å². The molecule has 1 aromatic carbocycles. The molecule has 0 spiro atoms. The van der Waals surface area contributed by atoms with E-state index in [9.17, 15) is 13.2 Å². The Balaban J connectivity index is 1.76. The molecule has 0 bridgehead atoms. The molecule has 0 amide bonds. The summed E-state index contributed by atoms with van der Waals surface area (Å²) in [7, 11) is 0. The van der Waals surface area contributed by atoms with Gasteiger partial charge in [0.2, 0.25) is 0 Å². The Labute approximate surface area is 116 Å². The molecular formula is C14H18F3NS. The summed E-state index contributed by atoms with van der Waals surface area (Å²) in [6.45, 7) is 2.92. The van der Waals surface area contributed by atoms with Gasteiger partial charge in [-0.2, -0.15) is 13.2 Å². The van der Waals surface area contributed by atoms with E-state index in [4.69, 9.17) is 0 Å². The van der Waals surface area contributed by atoms with E-state index in [1.54, 1.807) is 12.1 Å². The summed E-state index contributed by atoms with van der Waals surface area (Å²) in [5, 5.41) is 3.45. The average molecular weight is 289 g/mol. The van der Waals surface area contributed by atoms with Crippen molar-refractivity contribution >= 4 is 11.8 Å². The minimum absolute atomic E-state index is 0.0672. The maximum atomic E-state index is 12.2. The Bertz CT molecular complexity index is 402. The molecule has 19 heavy (non-hydrogen) atoms. The van der Waals surface area contributed by atoms with Crippen molar-refractivity contribution in [1.82, 2.24) is 5.32 Å². The Morgan fingerprint density at radius 1 is 1.26 bits per heavy atom. The molecule has 0 aromatic heterocycles. The van der Waals surface area contributed by atoms with E-state index in [2.05, 4.69) is 12.2 Å². The second-order valence-corrected chi connectivity index (χ2v) is 6.10. The van der Waals surface area contributed by atoms with E-state index < -0.39 is 5.51 Å². The van der Waals surface area contributed by atoms with Crippen LogP contribution in [0, 0.1) is 5.92 Å². The van der Waals surface area contributed by atoms with Crippen LogP contribution in [0.25, 0.3) is 0 Å². The van der Waals surface area contributed by atoms with Crippen molar-refractivity contribution in [3.63, 3.8) is 0 Å². The molecule has 2 atom stereocenters. The minimum Gasteiger partial charge on any atom is -0.310 e. The van der Waals surface area contributed by atoms with E-state index in [0.717, 1.165) is 18.0 Å². The Kier molecular flexibility index (Phi) is 4.79. The number of hydrogen-bond acceptors (Lipinski definition) is 2. The summed E-state index contributed by atoms with van der Waals surface area (Å²) in [5.74, 6) is 0.796. The molecule has 5 heteroatoms. The molecule has 1 aliphatic carbocycles. The summed E-state index contributed by atoms with van der Waals surface area (Å²) in [5.41, 5.74) is -3.17. The van der Waals surface area contributed by atoms with Gasteiger partial charge in [-0.1, -0.05) is 25.5 Å². The zero-order valence-electron chi connectivity index (χ0n) is 10.8. The van der Waals surface area contributed by atoms with Gasteiger partial charge in [0.05, 0.1) is 0 Å². The Morgan fingerprint density at radius 2 is 1.95 bits per heavy atom. The molecule has 0 radical (unpaired) electrons. The lowest BCUT2D eigenvalue weighted by atomic mass is 10.2. The first-order valence-corrected chi connectivity index (χ1v) is 7.37. The van der Waals surface area contributed by atoms with Gasteiger partial charge in [-0.25, -0.2) is 0 Å². The number of halogens is 3. The number of thioether (sulfide) groups is 1. The highest BCUT2D eigenvalue weighted by Crippen LogP contribution is 2.37. The van der Waals surface area contributed by atoms with Crippen LogP contribution in [-0.4, -0.2) is 11.6 Å². The smallest absolute Gasteiger partial charge is 0.310 e. The maximum absolute atomic E-state index is 12.2. The minimum atomic E-state index is -4.21. The van der Waals surface area contributed by atoms with Gasteiger partial charge in [0.15, 0.2) is 0 Å². The standard InChI is InChI=1S/C14H18F3NS/c1-2-3-11-8-13(11)18-9-10-4-6-12(7-5-10)19-14(15,16)17/h4-7,11,13,18H,2-3,8-9H2,1H3. The summed E-state index contributed by atoms with van der Waals surface area (Å²) in [6, 6.07) is 7.19. The summed E-state index contributed by atoms with van der Waals surface area (Å²) in [4.78, 5) is 0.242. The lowest BCUT2D eigenvalue weighted by molar-refractivity contribution is -0.0328. The first kappa shape index (κ1) is 14.7. The molecule has 1 saturated carbocycles. The Morgan fingerprint density at radius 3 is 2.53 bits per heavy atom. The normalized spacial score (nSPS) is 22.5. The van der Waals surface area contributed by atoms with Gasteiger partial charge >= 0.3 is 5.51 Å². The third kappa shape index (κ3) is 5.07. The van der Waals surface area contributed by atoms with Crippen molar-refractivity contribution in [2.45, 2.75) is 49.2 Å². The summed E-state index contributed by atoms with van der Waals surface area (Å²) >= 11 is -0.0672. The van der Waals surface area contributed by atoms with Crippen LogP contribution in [0.2, 0.25) is 0 Å². The van der Waals surface area contributed by atoms with Crippen LogP contribution >= 0.6 is 11.8 Å². The Hall–Kier alpha value is -0.680. The van der Waals surface area contributed by atoms with Crippen molar-refractivity contribution in [2.24, 2.45) is 5.92 Å². The monoisotopic (exact) mass is 289 g/mol. The molecule has 2 rings (SSSR count). The molecule has 1 aromatic rings. The fourth-order valence-corrected chi connectivity index (χ4v) is 2.78. The van der Waals surface area contributed by atoms with Crippen molar-refractivity contribution in [3.8, 4) is 0 Å². The number of nitrogens with one attached hydrogen (secondary N) is 1. The van der Waals surface area contributed by atoms with E-state index >= 15 is 0 Å². The highest BCUT2D eigenvalue weighted by Gasteiger charge is 2.35. The second-order valence-electron chi connectivity index (χ2n) is 4.96. The van der Waals surface area contributed by atoms with Crippen LogP contribution in [0.1, 0.15) is 31.7 Å². The summed E-state index contributed by atoms with van der Waals surface area (Å²) < 4.78 is 36.5. The van der Waals surface area contributed by atoms with Crippen LogP contribution in [0.3, 0.4) is 0 Å². The molecule has 106 valence electrons. The predicted molar refractivity (Wildman–Crippen MR) is 72.0 cm³/mol. The van der Waals surface area contributed by atoms with Gasteiger partial charge in [-0.15, -0.1) is 0 Å². The van der Waals surface area contributed by atoms with Crippen molar-refractivity contribution in [2.75, 3.05) is 0 Å². The molecular weight excluding hydrogens is 271 g/mol. The lowest BCUT2D eigenvalue weighted by Crippen LogP contribution is -2.17. The van der Waals surface area contributed by atoms with Gasteiger partial charge in [-0.3, -0.25) is 0 Å². The van der Waals surface area contributed by atoms with Gasteiger partial charge in [0.25, 0.3) is 0 Å². The number of alkyl halides is 3. The van der Waals surface area contributed by atoms with Crippen molar-refractivity contribution < 1.29 is 13.2 Å². The molecule has 1 aliphatic rings. The fraction of sp³-hybridized carbons (Fsp3) is 0.571. The molecule has 2 unspecified atom stereocenters. The zero-order chi connectivity index (χ0) is 13.9. The van der Waals surface area contributed by atoms with Crippen molar-refractivity contribution in [1.29, 1.82) is 0 Å². The predicted octanol–water partition coefficient (Wildman–Crippen LogP) is 4.58.